The highest BCUT2D eigenvalue weighted by Gasteiger charge is 2.43. The maximum absolute atomic E-state index is 13.0. The Hall–Kier alpha value is -0.610. The minimum absolute atomic E-state index is 0.113. The maximum atomic E-state index is 13.0. The van der Waals surface area contributed by atoms with Gasteiger partial charge in [-0.2, -0.15) is 0 Å². The average molecular weight is 279 g/mol. The number of carbonyl (C=O) groups excluding carboxylic acids is 1. The first-order chi connectivity index (χ1) is 9.75. The number of rotatable bonds is 3. The largest absolute Gasteiger partial charge is 0.341 e. The van der Waals surface area contributed by atoms with Gasteiger partial charge in [0.05, 0.1) is 5.41 Å². The highest BCUT2D eigenvalue weighted by atomic mass is 16.2. The quantitative estimate of drug-likeness (QED) is 0.849. The molecule has 1 amide bonds. The number of hydrogen-bond donors (Lipinski definition) is 1. The lowest BCUT2D eigenvalue weighted by Crippen LogP contribution is -2.51. The zero-order valence-corrected chi connectivity index (χ0v) is 12.9. The molecular formula is C16H29N3O. The summed E-state index contributed by atoms with van der Waals surface area (Å²) in [6.45, 7) is 8.57. The van der Waals surface area contributed by atoms with E-state index in [1.807, 2.05) is 0 Å². The molecule has 3 fully saturated rings. The first kappa shape index (κ1) is 14.3. The van der Waals surface area contributed by atoms with Gasteiger partial charge in [0.15, 0.2) is 0 Å². The first-order valence-corrected chi connectivity index (χ1v) is 8.49. The summed E-state index contributed by atoms with van der Waals surface area (Å²) in [7, 11) is 0. The van der Waals surface area contributed by atoms with Crippen molar-refractivity contribution in [2.24, 2.45) is 5.41 Å². The summed E-state index contributed by atoms with van der Waals surface area (Å²) in [5.74, 6) is 0.425. The summed E-state index contributed by atoms with van der Waals surface area (Å²) in [4.78, 5) is 17.7. The fraction of sp³-hybridized carbons (Fsp3) is 0.938. The molecule has 0 saturated carbocycles. The Morgan fingerprint density at radius 3 is 2.70 bits per heavy atom. The van der Waals surface area contributed by atoms with Crippen LogP contribution in [0.25, 0.3) is 0 Å². The second-order valence-electron chi connectivity index (χ2n) is 6.85. The molecule has 114 valence electrons. The van der Waals surface area contributed by atoms with Crippen molar-refractivity contribution in [3.63, 3.8) is 0 Å². The number of piperidine rings is 1. The Balaban J connectivity index is 1.62. The van der Waals surface area contributed by atoms with E-state index in [1.165, 1.54) is 32.4 Å². The predicted octanol–water partition coefficient (Wildman–Crippen LogP) is 1.46. The van der Waals surface area contributed by atoms with E-state index in [2.05, 4.69) is 22.0 Å². The minimum atomic E-state index is -0.113. The van der Waals surface area contributed by atoms with Crippen molar-refractivity contribution in [1.29, 1.82) is 0 Å². The monoisotopic (exact) mass is 279 g/mol. The number of likely N-dealkylation sites (tertiary alicyclic amines) is 2. The Bertz CT molecular complexity index is 346. The van der Waals surface area contributed by atoms with Crippen LogP contribution in [0.2, 0.25) is 0 Å². The van der Waals surface area contributed by atoms with Crippen molar-refractivity contribution in [2.75, 3.05) is 39.3 Å². The van der Waals surface area contributed by atoms with Crippen molar-refractivity contribution < 1.29 is 4.79 Å². The van der Waals surface area contributed by atoms with Crippen LogP contribution in [0.3, 0.4) is 0 Å². The van der Waals surface area contributed by atoms with Gasteiger partial charge < -0.3 is 10.2 Å². The van der Waals surface area contributed by atoms with Gasteiger partial charge in [-0.25, -0.2) is 0 Å². The van der Waals surface area contributed by atoms with E-state index in [0.717, 1.165) is 45.4 Å². The van der Waals surface area contributed by atoms with Crippen molar-refractivity contribution in [3.05, 3.63) is 0 Å². The molecule has 3 rings (SSSR count). The Labute approximate surface area is 122 Å². The summed E-state index contributed by atoms with van der Waals surface area (Å²) in [5.41, 5.74) is -0.113. The highest BCUT2D eigenvalue weighted by molar-refractivity contribution is 5.83. The van der Waals surface area contributed by atoms with Gasteiger partial charge >= 0.3 is 0 Å². The molecule has 3 heterocycles. The molecule has 0 aromatic heterocycles. The molecule has 3 aliphatic rings. The molecule has 2 unspecified atom stereocenters. The second kappa shape index (κ2) is 6.02. The van der Waals surface area contributed by atoms with E-state index in [-0.39, 0.29) is 5.41 Å². The summed E-state index contributed by atoms with van der Waals surface area (Å²) in [6.07, 6.45) is 7.05. The number of amides is 1. The second-order valence-corrected chi connectivity index (χ2v) is 6.85. The molecule has 4 nitrogen and oxygen atoms in total. The van der Waals surface area contributed by atoms with Gasteiger partial charge in [0.1, 0.15) is 0 Å². The molecule has 2 atom stereocenters. The Morgan fingerprint density at radius 2 is 2.05 bits per heavy atom. The molecule has 20 heavy (non-hydrogen) atoms. The minimum Gasteiger partial charge on any atom is -0.341 e. The molecule has 0 aromatic rings. The van der Waals surface area contributed by atoms with E-state index < -0.39 is 0 Å². The molecule has 1 N–H and O–H groups in total. The van der Waals surface area contributed by atoms with Crippen LogP contribution in [-0.2, 0) is 4.79 Å². The molecule has 4 heteroatoms. The lowest BCUT2D eigenvalue weighted by atomic mass is 9.77. The van der Waals surface area contributed by atoms with Crippen LogP contribution < -0.4 is 5.32 Å². The van der Waals surface area contributed by atoms with E-state index >= 15 is 0 Å². The van der Waals surface area contributed by atoms with Gasteiger partial charge in [0, 0.05) is 25.7 Å². The zero-order chi connectivity index (χ0) is 14.0. The van der Waals surface area contributed by atoms with Crippen LogP contribution in [0.15, 0.2) is 0 Å². The predicted molar refractivity (Wildman–Crippen MR) is 80.6 cm³/mol. The first-order valence-electron chi connectivity index (χ1n) is 8.49. The van der Waals surface area contributed by atoms with E-state index in [4.69, 9.17) is 0 Å². The average Bonchev–Trinajstić information content (AvgIpc) is 3.17. The lowest BCUT2D eigenvalue weighted by molar-refractivity contribution is -0.142. The van der Waals surface area contributed by atoms with Crippen molar-refractivity contribution >= 4 is 5.91 Å². The maximum Gasteiger partial charge on any atom is 0.230 e. The number of nitrogens with zero attached hydrogens (tertiary/aromatic N) is 2. The molecule has 0 radical (unpaired) electrons. The number of hydrogen-bond acceptors (Lipinski definition) is 3. The summed E-state index contributed by atoms with van der Waals surface area (Å²) >= 11 is 0. The normalized spacial score (nSPS) is 35.6. The van der Waals surface area contributed by atoms with Crippen LogP contribution in [0, 0.1) is 5.41 Å². The van der Waals surface area contributed by atoms with Crippen LogP contribution in [0.4, 0.5) is 0 Å². The molecule has 3 saturated heterocycles. The smallest absolute Gasteiger partial charge is 0.230 e. The third-order valence-electron chi connectivity index (χ3n) is 5.71. The number of carbonyl (C=O) groups is 1. The molecule has 0 spiro atoms. The molecule has 3 aliphatic heterocycles. The zero-order valence-electron chi connectivity index (χ0n) is 12.9. The van der Waals surface area contributed by atoms with Gasteiger partial charge in [0.25, 0.3) is 0 Å². The van der Waals surface area contributed by atoms with Gasteiger partial charge in [0.2, 0.25) is 5.91 Å². The fourth-order valence-electron chi connectivity index (χ4n) is 4.27. The number of nitrogens with one attached hydrogen (secondary N) is 1. The van der Waals surface area contributed by atoms with Crippen molar-refractivity contribution in [1.82, 2.24) is 15.1 Å². The van der Waals surface area contributed by atoms with Gasteiger partial charge in [-0.3, -0.25) is 9.69 Å². The van der Waals surface area contributed by atoms with Crippen molar-refractivity contribution in [2.45, 2.75) is 51.5 Å². The summed E-state index contributed by atoms with van der Waals surface area (Å²) in [6, 6.07) is 0.631. The van der Waals surface area contributed by atoms with Gasteiger partial charge in [-0.05, 0) is 58.2 Å². The standard InChI is InChI=1S/C16H29N3O/c1-2-16(7-5-8-17-13-16)15(20)19-11-6-14(12-19)18-9-3-4-10-18/h14,17H,2-13H2,1H3. The molecule has 0 aromatic carbocycles. The van der Waals surface area contributed by atoms with Crippen molar-refractivity contribution in [3.8, 4) is 0 Å². The third kappa shape index (κ3) is 2.60. The highest BCUT2D eigenvalue weighted by Crippen LogP contribution is 2.34. The third-order valence-corrected chi connectivity index (χ3v) is 5.71. The lowest BCUT2D eigenvalue weighted by Gasteiger charge is -2.38. The van der Waals surface area contributed by atoms with Crippen LogP contribution in [0.5, 0.6) is 0 Å². The van der Waals surface area contributed by atoms with Crippen LogP contribution >= 0.6 is 0 Å². The Morgan fingerprint density at radius 1 is 1.25 bits per heavy atom. The van der Waals surface area contributed by atoms with Gasteiger partial charge in [-0.1, -0.05) is 6.92 Å². The van der Waals surface area contributed by atoms with Crippen LogP contribution in [0.1, 0.15) is 45.4 Å². The SMILES string of the molecule is CCC1(C(=O)N2CCC(N3CCCC3)C2)CCCNC1. The van der Waals surface area contributed by atoms with E-state index in [1.54, 1.807) is 0 Å². The van der Waals surface area contributed by atoms with Crippen LogP contribution in [-0.4, -0.2) is 61.0 Å². The topological polar surface area (TPSA) is 35.6 Å². The molecule has 0 bridgehead atoms. The molecule has 0 aliphatic carbocycles. The fourth-order valence-corrected chi connectivity index (χ4v) is 4.27. The molecular weight excluding hydrogens is 250 g/mol. The Kier molecular flexibility index (Phi) is 4.32. The summed E-state index contributed by atoms with van der Waals surface area (Å²) < 4.78 is 0. The van der Waals surface area contributed by atoms with Gasteiger partial charge in [-0.15, -0.1) is 0 Å². The van der Waals surface area contributed by atoms with E-state index in [9.17, 15) is 4.79 Å². The summed E-state index contributed by atoms with van der Waals surface area (Å²) in [5, 5.41) is 3.44. The van der Waals surface area contributed by atoms with E-state index in [0.29, 0.717) is 11.9 Å².